The molecule has 146 valence electrons. The Hall–Kier alpha value is -2.47. The highest BCUT2D eigenvalue weighted by Gasteiger charge is 2.24. The van der Waals surface area contributed by atoms with Crippen molar-refractivity contribution in [2.24, 2.45) is 0 Å². The number of para-hydroxylation sites is 1. The van der Waals surface area contributed by atoms with Crippen molar-refractivity contribution < 1.29 is 9.53 Å². The van der Waals surface area contributed by atoms with Crippen molar-refractivity contribution in [2.45, 2.75) is 49.6 Å². The van der Waals surface area contributed by atoms with Crippen molar-refractivity contribution in [3.05, 3.63) is 54.4 Å². The van der Waals surface area contributed by atoms with E-state index in [9.17, 15) is 4.79 Å². The number of carbonyl (C=O) groups is 1. The van der Waals surface area contributed by atoms with Gasteiger partial charge in [-0.25, -0.2) is 4.98 Å². The number of rotatable bonds is 6. The molecule has 5 nitrogen and oxygen atoms in total. The van der Waals surface area contributed by atoms with Gasteiger partial charge >= 0.3 is 0 Å². The number of benzene rings is 1. The summed E-state index contributed by atoms with van der Waals surface area (Å²) in [6.45, 7) is 2.02. The van der Waals surface area contributed by atoms with E-state index in [2.05, 4.69) is 21.4 Å². The molecule has 1 aliphatic carbocycles. The van der Waals surface area contributed by atoms with Gasteiger partial charge in [0.1, 0.15) is 6.10 Å². The van der Waals surface area contributed by atoms with E-state index >= 15 is 0 Å². The third kappa shape index (κ3) is 4.68. The van der Waals surface area contributed by atoms with Crippen LogP contribution in [0.25, 0.3) is 10.9 Å². The topological polar surface area (TPSA) is 67.0 Å². The molecule has 1 amide bonds. The molecule has 0 unspecified atom stereocenters. The molecule has 2 N–H and O–H groups in total. The summed E-state index contributed by atoms with van der Waals surface area (Å²) < 4.78 is 5.97. The maximum atomic E-state index is 12.4. The van der Waals surface area contributed by atoms with Crippen LogP contribution in [-0.2, 0) is 4.79 Å². The Kier molecular flexibility index (Phi) is 5.86. The number of aromatic nitrogens is 2. The number of H-pyrrole nitrogens is 1. The predicted molar refractivity (Wildman–Crippen MR) is 113 cm³/mol. The third-order valence-corrected chi connectivity index (χ3v) is 6.18. The number of ether oxygens (including phenoxy) is 1. The standard InChI is InChI=1S/C22H25N3O2S/c1-15-6-11-22(24-12-15)27-17-9-7-16(8-10-17)25-21(26)14-28-20-13-23-19-5-3-2-4-18(19)20/h2-6,11-13,16-17,23H,7-10,14H2,1H3,(H,25,26). The minimum Gasteiger partial charge on any atom is -0.474 e. The average molecular weight is 396 g/mol. The number of nitrogens with zero attached hydrogens (tertiary/aromatic N) is 1. The maximum Gasteiger partial charge on any atom is 0.230 e. The Balaban J connectivity index is 1.21. The molecule has 1 fully saturated rings. The third-order valence-electron chi connectivity index (χ3n) is 5.12. The number of amides is 1. The van der Waals surface area contributed by atoms with Crippen molar-refractivity contribution in [2.75, 3.05) is 5.75 Å². The second-order valence-corrected chi connectivity index (χ2v) is 8.34. The molecule has 0 atom stereocenters. The van der Waals surface area contributed by atoms with Crippen LogP contribution in [0, 0.1) is 6.92 Å². The van der Waals surface area contributed by atoms with Crippen LogP contribution in [0.15, 0.2) is 53.7 Å². The number of pyridine rings is 1. The summed E-state index contributed by atoms with van der Waals surface area (Å²) in [7, 11) is 0. The van der Waals surface area contributed by atoms with Crippen LogP contribution < -0.4 is 10.1 Å². The van der Waals surface area contributed by atoms with Gasteiger partial charge in [0.05, 0.1) is 5.75 Å². The normalized spacial score (nSPS) is 19.5. The van der Waals surface area contributed by atoms with Gasteiger partial charge in [0.2, 0.25) is 11.8 Å². The molecule has 1 saturated carbocycles. The molecule has 1 aliphatic rings. The van der Waals surface area contributed by atoms with Gasteiger partial charge in [0, 0.05) is 40.3 Å². The average Bonchev–Trinajstić information content (AvgIpc) is 3.13. The monoisotopic (exact) mass is 395 g/mol. The van der Waals surface area contributed by atoms with E-state index in [4.69, 9.17) is 4.74 Å². The zero-order valence-electron chi connectivity index (χ0n) is 16.0. The smallest absolute Gasteiger partial charge is 0.230 e. The Labute approximate surface area is 169 Å². The first kappa shape index (κ1) is 18.9. The van der Waals surface area contributed by atoms with E-state index in [1.54, 1.807) is 11.8 Å². The van der Waals surface area contributed by atoms with Crippen LogP contribution in [0.2, 0.25) is 0 Å². The highest BCUT2D eigenvalue weighted by molar-refractivity contribution is 8.00. The van der Waals surface area contributed by atoms with Gasteiger partial charge in [-0.1, -0.05) is 24.3 Å². The van der Waals surface area contributed by atoms with Crippen LogP contribution in [0.1, 0.15) is 31.2 Å². The lowest BCUT2D eigenvalue weighted by Crippen LogP contribution is -2.40. The Morgan fingerprint density at radius 1 is 1.21 bits per heavy atom. The number of carbonyl (C=O) groups excluding carboxylic acids is 1. The maximum absolute atomic E-state index is 12.4. The van der Waals surface area contributed by atoms with Gasteiger partial charge in [-0.05, 0) is 44.2 Å². The summed E-state index contributed by atoms with van der Waals surface area (Å²) in [5, 5.41) is 4.35. The van der Waals surface area contributed by atoms with Crippen molar-refractivity contribution in [3.63, 3.8) is 0 Å². The molecule has 0 spiro atoms. The Morgan fingerprint density at radius 2 is 2.04 bits per heavy atom. The Bertz CT molecular complexity index is 930. The van der Waals surface area contributed by atoms with E-state index < -0.39 is 0 Å². The van der Waals surface area contributed by atoms with E-state index in [1.165, 1.54) is 5.39 Å². The van der Waals surface area contributed by atoms with E-state index in [1.807, 2.05) is 49.6 Å². The van der Waals surface area contributed by atoms with Crippen LogP contribution in [0.4, 0.5) is 0 Å². The summed E-state index contributed by atoms with van der Waals surface area (Å²) in [5.41, 5.74) is 2.23. The minimum absolute atomic E-state index is 0.0971. The number of hydrogen-bond acceptors (Lipinski definition) is 4. The predicted octanol–water partition coefficient (Wildman–Crippen LogP) is 4.47. The van der Waals surface area contributed by atoms with E-state index in [0.717, 1.165) is 41.7 Å². The minimum atomic E-state index is 0.0971. The SMILES string of the molecule is Cc1ccc(OC2CCC(NC(=O)CSc3c[nH]c4ccccc34)CC2)nc1. The number of thioether (sulfide) groups is 1. The molecule has 0 saturated heterocycles. The molecule has 2 aromatic heterocycles. The first-order chi connectivity index (χ1) is 13.7. The molecule has 6 heteroatoms. The molecular weight excluding hydrogens is 370 g/mol. The largest absolute Gasteiger partial charge is 0.474 e. The van der Waals surface area contributed by atoms with Gasteiger partial charge in [-0.2, -0.15) is 0 Å². The van der Waals surface area contributed by atoms with Gasteiger partial charge < -0.3 is 15.0 Å². The van der Waals surface area contributed by atoms with E-state index in [-0.39, 0.29) is 18.1 Å². The zero-order chi connectivity index (χ0) is 19.3. The molecule has 28 heavy (non-hydrogen) atoms. The highest BCUT2D eigenvalue weighted by atomic mass is 32.2. The Morgan fingerprint density at radius 3 is 2.82 bits per heavy atom. The van der Waals surface area contributed by atoms with Gasteiger partial charge in [-0.15, -0.1) is 11.8 Å². The highest BCUT2D eigenvalue weighted by Crippen LogP contribution is 2.28. The summed E-state index contributed by atoms with van der Waals surface area (Å²) in [5.74, 6) is 1.22. The van der Waals surface area contributed by atoms with Crippen molar-refractivity contribution in [1.29, 1.82) is 0 Å². The number of aromatic amines is 1. The summed E-state index contributed by atoms with van der Waals surface area (Å²) in [6.07, 6.45) is 7.76. The van der Waals surface area contributed by atoms with Gasteiger partial charge in [0.15, 0.2) is 0 Å². The molecule has 1 aromatic carbocycles. The molecule has 3 aromatic rings. The fourth-order valence-corrected chi connectivity index (χ4v) is 4.44. The molecule has 2 heterocycles. The quantitative estimate of drug-likeness (QED) is 0.604. The number of aryl methyl sites for hydroxylation is 1. The van der Waals surface area contributed by atoms with Gasteiger partial charge in [0.25, 0.3) is 0 Å². The second-order valence-electron chi connectivity index (χ2n) is 7.32. The van der Waals surface area contributed by atoms with Gasteiger partial charge in [-0.3, -0.25) is 4.79 Å². The van der Waals surface area contributed by atoms with E-state index in [0.29, 0.717) is 11.6 Å². The lowest BCUT2D eigenvalue weighted by Gasteiger charge is -2.29. The summed E-state index contributed by atoms with van der Waals surface area (Å²) >= 11 is 1.58. The van der Waals surface area contributed by atoms with Crippen LogP contribution in [0.3, 0.4) is 0 Å². The second kappa shape index (κ2) is 8.69. The molecule has 0 radical (unpaired) electrons. The summed E-state index contributed by atoms with van der Waals surface area (Å²) in [4.78, 5) is 21.0. The van der Waals surface area contributed by atoms with Crippen molar-refractivity contribution in [1.82, 2.24) is 15.3 Å². The number of nitrogens with one attached hydrogen (secondary N) is 2. The van der Waals surface area contributed by atoms with Crippen molar-refractivity contribution >= 4 is 28.6 Å². The number of hydrogen-bond donors (Lipinski definition) is 2. The fourth-order valence-electron chi connectivity index (χ4n) is 3.60. The fraction of sp³-hybridized carbons (Fsp3) is 0.364. The lowest BCUT2D eigenvalue weighted by atomic mass is 9.93. The van der Waals surface area contributed by atoms with Crippen molar-refractivity contribution in [3.8, 4) is 5.88 Å². The molecule has 4 rings (SSSR count). The van der Waals surface area contributed by atoms with Crippen LogP contribution >= 0.6 is 11.8 Å². The zero-order valence-corrected chi connectivity index (χ0v) is 16.8. The molecule has 0 aliphatic heterocycles. The number of fused-ring (bicyclic) bond motifs is 1. The van der Waals surface area contributed by atoms with Crippen LogP contribution in [-0.4, -0.2) is 33.8 Å². The first-order valence-electron chi connectivity index (χ1n) is 9.75. The molecular formula is C22H25N3O2S. The van der Waals surface area contributed by atoms with Crippen LogP contribution in [0.5, 0.6) is 5.88 Å². The first-order valence-corrected chi connectivity index (χ1v) is 10.7. The summed E-state index contributed by atoms with van der Waals surface area (Å²) in [6, 6.07) is 12.3. The molecule has 0 bridgehead atoms. The lowest BCUT2D eigenvalue weighted by molar-refractivity contribution is -0.119.